The van der Waals surface area contributed by atoms with Gasteiger partial charge in [0.05, 0.1) is 12.1 Å². The third-order valence-electron chi connectivity index (χ3n) is 2.80. The maximum Gasteiger partial charge on any atom is 0.334 e. The number of nitrogens with zero attached hydrogens (tertiary/aromatic N) is 2. The maximum absolute atomic E-state index is 11.8. The molecule has 1 fully saturated rings. The van der Waals surface area contributed by atoms with Gasteiger partial charge in [0.15, 0.2) is 0 Å². The van der Waals surface area contributed by atoms with Gasteiger partial charge in [0.25, 0.3) is 0 Å². The minimum atomic E-state index is -0.491. The Morgan fingerprint density at radius 2 is 1.67 bits per heavy atom. The van der Waals surface area contributed by atoms with Crippen molar-refractivity contribution in [1.29, 1.82) is 0 Å². The normalized spacial score (nSPS) is 26.0. The van der Waals surface area contributed by atoms with Gasteiger partial charge in [-0.25, -0.2) is 4.79 Å². The second kappa shape index (κ2) is 4.00. The monoisotopic (exact) mass is 212 g/mol. The van der Waals surface area contributed by atoms with Crippen molar-refractivity contribution in [2.75, 3.05) is 0 Å². The molecule has 1 saturated heterocycles. The van der Waals surface area contributed by atoms with E-state index < -0.39 is 6.03 Å². The summed E-state index contributed by atoms with van der Waals surface area (Å²) >= 11 is 0. The van der Waals surface area contributed by atoms with Gasteiger partial charge in [-0.15, -0.1) is 0 Å². The Balaban J connectivity index is 3.06. The molecule has 1 rings (SSSR count). The molecule has 2 unspecified atom stereocenters. The van der Waals surface area contributed by atoms with Gasteiger partial charge < -0.3 is 0 Å². The van der Waals surface area contributed by atoms with Crippen molar-refractivity contribution < 1.29 is 14.4 Å². The van der Waals surface area contributed by atoms with Crippen molar-refractivity contribution in [2.45, 2.75) is 46.2 Å². The lowest BCUT2D eigenvalue weighted by atomic mass is 10.1. The van der Waals surface area contributed by atoms with E-state index in [9.17, 15) is 14.4 Å². The van der Waals surface area contributed by atoms with E-state index >= 15 is 0 Å². The minimum Gasteiger partial charge on any atom is -0.275 e. The third kappa shape index (κ3) is 1.73. The van der Waals surface area contributed by atoms with Crippen molar-refractivity contribution in [3.8, 4) is 0 Å². The molecule has 15 heavy (non-hydrogen) atoms. The minimum absolute atomic E-state index is 0.195. The highest BCUT2D eigenvalue weighted by atomic mass is 16.2. The highest BCUT2D eigenvalue weighted by molar-refractivity contribution is 6.03. The summed E-state index contributed by atoms with van der Waals surface area (Å²) in [7, 11) is 0. The fraction of sp³-hybridized carbons (Fsp3) is 0.700. The van der Waals surface area contributed by atoms with Gasteiger partial charge in [-0.2, -0.15) is 0 Å². The van der Waals surface area contributed by atoms with Gasteiger partial charge in [0, 0.05) is 13.8 Å². The Hall–Kier alpha value is -1.39. The molecule has 0 N–H and O–H groups in total. The molecular formula is C10H16N2O3. The van der Waals surface area contributed by atoms with Crippen LogP contribution in [-0.2, 0) is 9.59 Å². The van der Waals surface area contributed by atoms with E-state index in [2.05, 4.69) is 0 Å². The van der Waals surface area contributed by atoms with Crippen LogP contribution in [0.4, 0.5) is 4.79 Å². The SMILES string of the molecule is CCC1C(C)N(C(C)=O)C(=O)N1C(C)=O. The van der Waals surface area contributed by atoms with Crippen LogP contribution in [0.15, 0.2) is 0 Å². The van der Waals surface area contributed by atoms with Gasteiger partial charge in [-0.3, -0.25) is 19.4 Å². The Kier molecular flexibility index (Phi) is 3.12. The van der Waals surface area contributed by atoms with Crippen molar-refractivity contribution in [1.82, 2.24) is 9.80 Å². The van der Waals surface area contributed by atoms with Gasteiger partial charge in [-0.1, -0.05) is 6.92 Å². The number of rotatable bonds is 1. The van der Waals surface area contributed by atoms with Crippen LogP contribution < -0.4 is 0 Å². The summed E-state index contributed by atoms with van der Waals surface area (Å²) < 4.78 is 0. The second-order valence-corrected chi connectivity index (χ2v) is 3.78. The van der Waals surface area contributed by atoms with Crippen LogP contribution in [0.3, 0.4) is 0 Å². The van der Waals surface area contributed by atoms with Crippen LogP contribution in [0.25, 0.3) is 0 Å². The van der Waals surface area contributed by atoms with E-state index in [0.29, 0.717) is 6.42 Å². The lowest BCUT2D eigenvalue weighted by Crippen LogP contribution is -2.39. The van der Waals surface area contributed by atoms with E-state index in [1.54, 1.807) is 6.92 Å². The van der Waals surface area contributed by atoms with Crippen LogP contribution in [0.2, 0.25) is 0 Å². The second-order valence-electron chi connectivity index (χ2n) is 3.78. The summed E-state index contributed by atoms with van der Waals surface area (Å²) in [5.41, 5.74) is 0. The fourth-order valence-electron chi connectivity index (χ4n) is 2.13. The number of carbonyl (C=O) groups excluding carboxylic acids is 3. The molecular weight excluding hydrogens is 196 g/mol. The fourth-order valence-corrected chi connectivity index (χ4v) is 2.13. The topological polar surface area (TPSA) is 57.7 Å². The van der Waals surface area contributed by atoms with Crippen LogP contribution in [0.1, 0.15) is 34.1 Å². The van der Waals surface area contributed by atoms with Gasteiger partial charge in [0.2, 0.25) is 11.8 Å². The number of hydrogen-bond donors (Lipinski definition) is 0. The lowest BCUT2D eigenvalue weighted by Gasteiger charge is -2.20. The molecule has 0 aromatic heterocycles. The smallest absolute Gasteiger partial charge is 0.275 e. The molecule has 1 aliphatic heterocycles. The average Bonchev–Trinajstić information content (AvgIpc) is 2.36. The van der Waals surface area contributed by atoms with E-state index in [1.807, 2.05) is 6.92 Å². The van der Waals surface area contributed by atoms with Crippen LogP contribution >= 0.6 is 0 Å². The van der Waals surface area contributed by atoms with E-state index in [1.165, 1.54) is 18.7 Å². The first kappa shape index (κ1) is 11.7. The summed E-state index contributed by atoms with van der Waals surface area (Å²) in [5, 5.41) is 0. The first-order valence-corrected chi connectivity index (χ1v) is 5.05. The molecule has 1 aliphatic rings. The molecule has 2 atom stereocenters. The van der Waals surface area contributed by atoms with Crippen molar-refractivity contribution in [2.24, 2.45) is 0 Å². The van der Waals surface area contributed by atoms with Crippen molar-refractivity contribution in [3.05, 3.63) is 0 Å². The van der Waals surface area contributed by atoms with Crippen molar-refractivity contribution >= 4 is 17.8 Å². The maximum atomic E-state index is 11.8. The molecule has 0 aromatic rings. The summed E-state index contributed by atoms with van der Waals surface area (Å²) in [5.74, 6) is -0.614. The quantitative estimate of drug-likeness (QED) is 0.651. The molecule has 0 radical (unpaired) electrons. The molecule has 0 spiro atoms. The Labute approximate surface area is 89.0 Å². The number of imide groups is 2. The zero-order valence-corrected chi connectivity index (χ0v) is 9.48. The molecule has 84 valence electrons. The summed E-state index contributed by atoms with van der Waals surface area (Å²) in [6.07, 6.45) is 0.663. The largest absolute Gasteiger partial charge is 0.334 e. The number of amides is 4. The summed E-state index contributed by atoms with van der Waals surface area (Å²) in [6, 6.07) is -0.919. The summed E-state index contributed by atoms with van der Waals surface area (Å²) in [6.45, 7) is 6.37. The van der Waals surface area contributed by atoms with Crippen LogP contribution in [-0.4, -0.2) is 39.7 Å². The highest BCUT2D eigenvalue weighted by Gasteiger charge is 2.46. The van der Waals surface area contributed by atoms with E-state index in [4.69, 9.17) is 0 Å². The highest BCUT2D eigenvalue weighted by Crippen LogP contribution is 2.25. The van der Waals surface area contributed by atoms with Crippen molar-refractivity contribution in [3.63, 3.8) is 0 Å². The lowest BCUT2D eigenvalue weighted by molar-refractivity contribution is -0.127. The Bertz CT molecular complexity index is 314. The molecule has 0 aliphatic carbocycles. The number of hydrogen-bond acceptors (Lipinski definition) is 3. The number of urea groups is 1. The Morgan fingerprint density at radius 1 is 1.20 bits per heavy atom. The molecule has 0 bridgehead atoms. The molecule has 4 amide bonds. The third-order valence-corrected chi connectivity index (χ3v) is 2.80. The molecule has 0 saturated carbocycles. The van der Waals surface area contributed by atoms with Crippen LogP contribution in [0, 0.1) is 0 Å². The molecule has 0 aromatic carbocycles. The van der Waals surface area contributed by atoms with Gasteiger partial charge in [-0.05, 0) is 13.3 Å². The first-order chi connectivity index (χ1) is 6.91. The van der Waals surface area contributed by atoms with Crippen LogP contribution in [0.5, 0.6) is 0 Å². The van der Waals surface area contributed by atoms with E-state index in [-0.39, 0.29) is 23.9 Å². The zero-order valence-electron chi connectivity index (χ0n) is 9.48. The molecule has 1 heterocycles. The molecule has 5 heteroatoms. The van der Waals surface area contributed by atoms with E-state index in [0.717, 1.165) is 4.90 Å². The predicted octanol–water partition coefficient (Wildman–Crippen LogP) is 0.984. The van der Waals surface area contributed by atoms with Gasteiger partial charge in [0.1, 0.15) is 0 Å². The zero-order chi connectivity index (χ0) is 11.7. The number of carbonyl (C=O) groups is 3. The summed E-state index contributed by atoms with van der Waals surface area (Å²) in [4.78, 5) is 36.7. The predicted molar refractivity (Wildman–Crippen MR) is 54.0 cm³/mol. The standard InChI is InChI=1S/C10H16N2O3/c1-5-9-6(2)11(7(3)13)10(15)12(9)8(4)14/h6,9H,5H2,1-4H3. The Morgan fingerprint density at radius 3 is 1.93 bits per heavy atom. The van der Waals surface area contributed by atoms with Gasteiger partial charge >= 0.3 is 6.03 Å². The molecule has 5 nitrogen and oxygen atoms in total. The average molecular weight is 212 g/mol. The first-order valence-electron chi connectivity index (χ1n) is 5.05.